The van der Waals surface area contributed by atoms with Gasteiger partial charge in [-0.05, 0) is 29.9 Å². The number of halogens is 1. The molecule has 0 aromatic heterocycles. The summed E-state index contributed by atoms with van der Waals surface area (Å²) >= 11 is 0. The number of para-hydroxylation sites is 1. The Morgan fingerprint density at radius 2 is 2.09 bits per heavy atom. The summed E-state index contributed by atoms with van der Waals surface area (Å²) in [7, 11) is 0. The van der Waals surface area contributed by atoms with Gasteiger partial charge >= 0.3 is 0 Å². The summed E-state index contributed by atoms with van der Waals surface area (Å²) in [5.74, 6) is 0.912. The van der Waals surface area contributed by atoms with Gasteiger partial charge in [-0.25, -0.2) is 0 Å². The van der Waals surface area contributed by atoms with Crippen LogP contribution in [0.3, 0.4) is 0 Å². The van der Waals surface area contributed by atoms with E-state index < -0.39 is 0 Å². The fourth-order valence-corrected chi connectivity index (χ4v) is 2.90. The fourth-order valence-electron chi connectivity index (χ4n) is 2.90. The topological polar surface area (TPSA) is 58.4 Å². The Kier molecular flexibility index (Phi) is 7.33. The zero-order valence-electron chi connectivity index (χ0n) is 13.7. The predicted octanol–water partition coefficient (Wildman–Crippen LogP) is 2.84. The number of carbonyl (C=O) groups is 1. The molecule has 124 valence electrons. The molecule has 0 aliphatic carbocycles. The number of rotatable bonds is 4. The van der Waals surface area contributed by atoms with Gasteiger partial charge in [0, 0.05) is 24.8 Å². The fraction of sp³-hybridized carbons (Fsp3) is 0.588. The van der Waals surface area contributed by atoms with Crippen LogP contribution in [0.4, 0.5) is 5.69 Å². The molecular weight excluding hydrogens is 298 g/mol. The third kappa shape index (κ3) is 4.97. The van der Waals surface area contributed by atoms with Crippen LogP contribution in [-0.4, -0.2) is 36.5 Å². The van der Waals surface area contributed by atoms with Crippen LogP contribution in [-0.2, 0) is 4.79 Å². The number of hydrogen-bond donors (Lipinski definition) is 2. The Hall–Kier alpha value is -1.10. The van der Waals surface area contributed by atoms with Gasteiger partial charge < -0.3 is 11.1 Å². The van der Waals surface area contributed by atoms with Crippen LogP contribution < -0.4 is 11.1 Å². The zero-order valence-corrected chi connectivity index (χ0v) is 14.5. The normalized spacial score (nSPS) is 22.2. The van der Waals surface area contributed by atoms with E-state index in [1.54, 1.807) is 0 Å². The molecule has 2 unspecified atom stereocenters. The summed E-state index contributed by atoms with van der Waals surface area (Å²) in [5, 5.41) is 3.05. The molecule has 2 atom stereocenters. The van der Waals surface area contributed by atoms with Crippen molar-refractivity contribution in [1.29, 1.82) is 0 Å². The van der Waals surface area contributed by atoms with Crippen molar-refractivity contribution in [2.24, 2.45) is 11.7 Å². The third-order valence-electron chi connectivity index (χ3n) is 4.28. The number of anilines is 1. The van der Waals surface area contributed by atoms with Gasteiger partial charge in [-0.15, -0.1) is 12.4 Å². The quantitative estimate of drug-likeness (QED) is 0.895. The second-order valence-electron chi connectivity index (χ2n) is 6.46. The second kappa shape index (κ2) is 8.51. The molecular formula is C17H28ClN3O. The number of nitrogens with one attached hydrogen (secondary N) is 1. The van der Waals surface area contributed by atoms with Crippen LogP contribution in [0.1, 0.15) is 38.7 Å². The number of piperidine rings is 1. The minimum atomic E-state index is 0. The number of nitrogens with two attached hydrogens (primary N) is 1. The Labute approximate surface area is 139 Å². The average Bonchev–Trinajstić information content (AvgIpc) is 2.43. The van der Waals surface area contributed by atoms with Crippen molar-refractivity contribution in [3.63, 3.8) is 0 Å². The van der Waals surface area contributed by atoms with Crippen molar-refractivity contribution < 1.29 is 4.79 Å². The van der Waals surface area contributed by atoms with E-state index in [1.165, 1.54) is 5.56 Å². The number of carbonyl (C=O) groups excluding carboxylic acids is 1. The lowest BCUT2D eigenvalue weighted by Gasteiger charge is -2.34. The highest BCUT2D eigenvalue weighted by Crippen LogP contribution is 2.23. The lowest BCUT2D eigenvalue weighted by molar-refractivity contribution is -0.117. The van der Waals surface area contributed by atoms with E-state index >= 15 is 0 Å². The van der Waals surface area contributed by atoms with Crippen LogP contribution in [0.5, 0.6) is 0 Å². The van der Waals surface area contributed by atoms with Crippen molar-refractivity contribution >= 4 is 24.0 Å². The highest BCUT2D eigenvalue weighted by atomic mass is 35.5. The Balaban J connectivity index is 0.00000242. The van der Waals surface area contributed by atoms with Gasteiger partial charge in [-0.1, -0.05) is 39.0 Å². The lowest BCUT2D eigenvalue weighted by Crippen LogP contribution is -2.48. The summed E-state index contributed by atoms with van der Waals surface area (Å²) in [6, 6.07) is 8.29. The highest BCUT2D eigenvalue weighted by molar-refractivity contribution is 5.93. The molecule has 2 rings (SSSR count). The molecule has 1 saturated heterocycles. The summed E-state index contributed by atoms with van der Waals surface area (Å²) in [5.41, 5.74) is 8.13. The van der Waals surface area contributed by atoms with E-state index in [-0.39, 0.29) is 24.4 Å². The zero-order chi connectivity index (χ0) is 15.4. The molecule has 1 aliphatic rings. The molecule has 5 heteroatoms. The molecule has 0 saturated carbocycles. The Morgan fingerprint density at radius 3 is 2.73 bits per heavy atom. The van der Waals surface area contributed by atoms with Gasteiger partial charge in [0.05, 0.1) is 6.54 Å². The molecule has 3 N–H and O–H groups in total. The lowest BCUT2D eigenvalue weighted by atomic mass is 9.95. The van der Waals surface area contributed by atoms with Gasteiger partial charge in [0.15, 0.2) is 0 Å². The van der Waals surface area contributed by atoms with Crippen LogP contribution in [0.15, 0.2) is 24.3 Å². The number of hydrogen-bond acceptors (Lipinski definition) is 3. The van der Waals surface area contributed by atoms with Crippen molar-refractivity contribution in [3.05, 3.63) is 29.8 Å². The summed E-state index contributed by atoms with van der Waals surface area (Å²) in [6.45, 7) is 8.69. The molecule has 1 aromatic carbocycles. The van der Waals surface area contributed by atoms with Crippen LogP contribution in [0.25, 0.3) is 0 Å². The average molecular weight is 326 g/mol. The Bertz CT molecular complexity index is 493. The predicted molar refractivity (Wildman–Crippen MR) is 94.6 cm³/mol. The van der Waals surface area contributed by atoms with Gasteiger partial charge in [0.25, 0.3) is 0 Å². The van der Waals surface area contributed by atoms with Gasteiger partial charge in [0.1, 0.15) is 0 Å². The second-order valence-corrected chi connectivity index (χ2v) is 6.46. The molecule has 1 heterocycles. The molecule has 1 aromatic rings. The van der Waals surface area contributed by atoms with Crippen molar-refractivity contribution in [3.8, 4) is 0 Å². The summed E-state index contributed by atoms with van der Waals surface area (Å²) < 4.78 is 0. The molecule has 4 nitrogen and oxygen atoms in total. The molecule has 1 fully saturated rings. The summed E-state index contributed by atoms with van der Waals surface area (Å²) in [4.78, 5) is 14.5. The van der Waals surface area contributed by atoms with Crippen molar-refractivity contribution in [2.45, 2.75) is 39.2 Å². The standard InChI is InChI=1S/C17H27N3O.ClH/c1-12(2)14-6-4-5-7-16(14)19-17(21)11-20-9-8-15(18)13(3)10-20;/h4-7,12-13,15H,8-11,18H2,1-3H3,(H,19,21);1H. The van der Waals surface area contributed by atoms with Crippen LogP contribution in [0, 0.1) is 5.92 Å². The monoisotopic (exact) mass is 325 g/mol. The SMILES string of the molecule is CC(C)c1ccccc1NC(=O)CN1CCC(N)C(C)C1.Cl. The van der Waals surface area contributed by atoms with Crippen LogP contribution >= 0.6 is 12.4 Å². The molecule has 0 bridgehead atoms. The number of nitrogens with zero attached hydrogens (tertiary/aromatic N) is 1. The molecule has 0 spiro atoms. The van der Waals surface area contributed by atoms with E-state index in [1.807, 2.05) is 18.2 Å². The molecule has 1 aliphatic heterocycles. The van der Waals surface area contributed by atoms with Gasteiger partial charge in [0.2, 0.25) is 5.91 Å². The minimum absolute atomic E-state index is 0. The number of amides is 1. The molecule has 22 heavy (non-hydrogen) atoms. The first kappa shape index (κ1) is 18.9. The van der Waals surface area contributed by atoms with Gasteiger partial charge in [-0.3, -0.25) is 9.69 Å². The maximum Gasteiger partial charge on any atom is 0.238 e. The van der Waals surface area contributed by atoms with E-state index in [4.69, 9.17) is 5.73 Å². The van der Waals surface area contributed by atoms with E-state index in [0.717, 1.165) is 25.2 Å². The van der Waals surface area contributed by atoms with Crippen LogP contribution in [0.2, 0.25) is 0 Å². The maximum absolute atomic E-state index is 12.3. The Morgan fingerprint density at radius 1 is 1.41 bits per heavy atom. The molecule has 0 radical (unpaired) electrons. The van der Waals surface area contributed by atoms with E-state index in [2.05, 4.69) is 37.1 Å². The number of benzene rings is 1. The third-order valence-corrected chi connectivity index (χ3v) is 4.28. The van der Waals surface area contributed by atoms with Crippen molar-refractivity contribution in [2.75, 3.05) is 25.0 Å². The first-order valence-corrected chi connectivity index (χ1v) is 7.84. The smallest absolute Gasteiger partial charge is 0.238 e. The van der Waals surface area contributed by atoms with E-state index in [0.29, 0.717) is 18.4 Å². The first-order valence-electron chi connectivity index (χ1n) is 7.84. The van der Waals surface area contributed by atoms with Gasteiger partial charge in [-0.2, -0.15) is 0 Å². The minimum Gasteiger partial charge on any atom is -0.327 e. The highest BCUT2D eigenvalue weighted by Gasteiger charge is 2.24. The largest absolute Gasteiger partial charge is 0.327 e. The molecule has 1 amide bonds. The first-order chi connectivity index (χ1) is 9.97. The summed E-state index contributed by atoms with van der Waals surface area (Å²) in [6.07, 6.45) is 0.969. The van der Waals surface area contributed by atoms with Crippen molar-refractivity contribution in [1.82, 2.24) is 4.90 Å². The number of likely N-dealkylation sites (tertiary alicyclic amines) is 1. The van der Waals surface area contributed by atoms with E-state index in [9.17, 15) is 4.79 Å². The maximum atomic E-state index is 12.3.